The van der Waals surface area contributed by atoms with Gasteiger partial charge in [0.05, 0.1) is 4.90 Å². The van der Waals surface area contributed by atoms with Crippen LogP contribution in [0, 0.1) is 0 Å². The standard InChI is InChI=1S/C16H20N2O6S/c1-17(2)14(19)10-25(23,24)12-7-5-11(6-8-12)15(20)18-9-3-4-13(18)16(21)22/h5-8,13H,3-4,9-10H2,1-2H3,(H,21,22)/t13-/m1/s1. The van der Waals surface area contributed by atoms with E-state index in [9.17, 15) is 22.8 Å². The Morgan fingerprint density at radius 2 is 1.80 bits per heavy atom. The maximum atomic E-state index is 12.4. The van der Waals surface area contributed by atoms with Crippen molar-refractivity contribution >= 4 is 27.6 Å². The number of likely N-dealkylation sites (tertiary alicyclic amines) is 1. The Bertz CT molecular complexity index is 785. The number of rotatable bonds is 5. The predicted octanol–water partition coefficient (Wildman–Crippen LogP) is 0.238. The monoisotopic (exact) mass is 368 g/mol. The minimum Gasteiger partial charge on any atom is -0.480 e. The van der Waals surface area contributed by atoms with E-state index in [-0.39, 0.29) is 10.5 Å². The second kappa shape index (κ2) is 7.22. The summed E-state index contributed by atoms with van der Waals surface area (Å²) in [5, 5.41) is 9.15. The Kier molecular flexibility index (Phi) is 5.46. The lowest BCUT2D eigenvalue weighted by molar-refractivity contribution is -0.141. The minimum absolute atomic E-state index is 0.0598. The molecule has 1 atom stereocenters. The molecule has 0 aromatic heterocycles. The third-order valence-electron chi connectivity index (χ3n) is 4.07. The Morgan fingerprint density at radius 1 is 1.20 bits per heavy atom. The maximum Gasteiger partial charge on any atom is 0.326 e. The molecule has 0 spiro atoms. The summed E-state index contributed by atoms with van der Waals surface area (Å²) in [6.45, 7) is 0.354. The molecule has 0 saturated carbocycles. The largest absolute Gasteiger partial charge is 0.480 e. The normalized spacial score (nSPS) is 17.4. The third kappa shape index (κ3) is 4.16. The number of benzene rings is 1. The van der Waals surface area contributed by atoms with E-state index in [1.54, 1.807) is 0 Å². The molecule has 1 aromatic rings. The van der Waals surface area contributed by atoms with Crippen LogP contribution in [0.3, 0.4) is 0 Å². The Labute approximate surface area is 145 Å². The van der Waals surface area contributed by atoms with Crippen molar-refractivity contribution < 1.29 is 27.9 Å². The minimum atomic E-state index is -3.80. The van der Waals surface area contributed by atoms with Gasteiger partial charge in [0.1, 0.15) is 11.8 Å². The van der Waals surface area contributed by atoms with Gasteiger partial charge in [-0.3, -0.25) is 9.59 Å². The van der Waals surface area contributed by atoms with Gasteiger partial charge in [0.15, 0.2) is 9.84 Å². The predicted molar refractivity (Wildman–Crippen MR) is 88.9 cm³/mol. The first-order valence-electron chi connectivity index (χ1n) is 7.70. The number of amides is 2. The molecule has 1 N–H and O–H groups in total. The number of carbonyl (C=O) groups is 3. The first-order valence-corrected chi connectivity index (χ1v) is 9.35. The van der Waals surface area contributed by atoms with Gasteiger partial charge < -0.3 is 14.9 Å². The molecule has 1 fully saturated rings. The van der Waals surface area contributed by atoms with Crippen LogP contribution in [-0.2, 0) is 19.4 Å². The van der Waals surface area contributed by atoms with E-state index in [1.165, 1.54) is 48.2 Å². The molecular formula is C16H20N2O6S. The highest BCUT2D eigenvalue weighted by Crippen LogP contribution is 2.21. The lowest BCUT2D eigenvalue weighted by Gasteiger charge is -2.21. The fraction of sp³-hybridized carbons (Fsp3) is 0.438. The number of nitrogens with zero attached hydrogens (tertiary/aromatic N) is 2. The second-order valence-electron chi connectivity index (χ2n) is 6.07. The van der Waals surface area contributed by atoms with Gasteiger partial charge in [0.2, 0.25) is 5.91 Å². The van der Waals surface area contributed by atoms with Crippen LogP contribution in [0.15, 0.2) is 29.2 Å². The van der Waals surface area contributed by atoms with Crippen molar-refractivity contribution in [2.75, 3.05) is 26.4 Å². The highest BCUT2D eigenvalue weighted by Gasteiger charge is 2.34. The lowest BCUT2D eigenvalue weighted by atomic mass is 10.1. The van der Waals surface area contributed by atoms with Crippen LogP contribution >= 0.6 is 0 Å². The van der Waals surface area contributed by atoms with Gasteiger partial charge in [-0.1, -0.05) is 0 Å². The number of sulfone groups is 1. The molecule has 25 heavy (non-hydrogen) atoms. The van der Waals surface area contributed by atoms with Crippen LogP contribution in [0.2, 0.25) is 0 Å². The van der Waals surface area contributed by atoms with Crippen molar-refractivity contribution in [2.24, 2.45) is 0 Å². The molecule has 1 aliphatic heterocycles. The first kappa shape index (κ1) is 18.9. The van der Waals surface area contributed by atoms with Crippen molar-refractivity contribution in [1.82, 2.24) is 9.80 Å². The summed E-state index contributed by atoms with van der Waals surface area (Å²) in [6.07, 6.45) is 1.02. The van der Waals surface area contributed by atoms with Crippen LogP contribution in [0.1, 0.15) is 23.2 Å². The van der Waals surface area contributed by atoms with Gasteiger partial charge >= 0.3 is 5.97 Å². The molecule has 1 aromatic carbocycles. The number of hydrogen-bond acceptors (Lipinski definition) is 5. The zero-order valence-electron chi connectivity index (χ0n) is 14.0. The van der Waals surface area contributed by atoms with Crippen LogP contribution in [-0.4, -0.2) is 73.5 Å². The fourth-order valence-electron chi connectivity index (χ4n) is 2.61. The summed E-state index contributed by atoms with van der Waals surface area (Å²) in [6, 6.07) is 4.35. The van der Waals surface area contributed by atoms with Crippen molar-refractivity contribution in [3.63, 3.8) is 0 Å². The van der Waals surface area contributed by atoms with Gasteiger partial charge in [-0.25, -0.2) is 13.2 Å². The van der Waals surface area contributed by atoms with Gasteiger partial charge in [-0.2, -0.15) is 0 Å². The van der Waals surface area contributed by atoms with E-state index in [0.717, 1.165) is 0 Å². The van der Waals surface area contributed by atoms with E-state index in [0.29, 0.717) is 19.4 Å². The van der Waals surface area contributed by atoms with Crippen LogP contribution in [0.4, 0.5) is 0 Å². The van der Waals surface area contributed by atoms with Gasteiger partial charge in [0, 0.05) is 26.2 Å². The van der Waals surface area contributed by atoms with Gasteiger partial charge in [0.25, 0.3) is 5.91 Å². The maximum absolute atomic E-state index is 12.4. The molecule has 0 radical (unpaired) electrons. The molecule has 1 aliphatic rings. The van der Waals surface area contributed by atoms with E-state index in [2.05, 4.69) is 0 Å². The van der Waals surface area contributed by atoms with E-state index in [1.807, 2.05) is 0 Å². The summed E-state index contributed by atoms with van der Waals surface area (Å²) in [7, 11) is -0.867. The zero-order valence-corrected chi connectivity index (χ0v) is 14.8. The molecule has 2 amide bonds. The quantitative estimate of drug-likeness (QED) is 0.797. The van der Waals surface area contributed by atoms with Crippen molar-refractivity contribution in [1.29, 1.82) is 0 Å². The van der Waals surface area contributed by atoms with Gasteiger partial charge in [-0.15, -0.1) is 0 Å². The molecule has 0 bridgehead atoms. The Balaban J connectivity index is 2.18. The molecule has 0 aliphatic carbocycles. The van der Waals surface area contributed by atoms with Gasteiger partial charge in [-0.05, 0) is 37.1 Å². The number of aliphatic carboxylic acids is 1. The molecule has 0 unspecified atom stereocenters. The zero-order chi connectivity index (χ0) is 18.8. The van der Waals surface area contributed by atoms with Crippen molar-refractivity contribution in [3.05, 3.63) is 29.8 Å². The van der Waals surface area contributed by atoms with Crippen molar-refractivity contribution in [2.45, 2.75) is 23.8 Å². The van der Waals surface area contributed by atoms with E-state index >= 15 is 0 Å². The Morgan fingerprint density at radius 3 is 2.32 bits per heavy atom. The first-order chi connectivity index (χ1) is 11.6. The lowest BCUT2D eigenvalue weighted by Crippen LogP contribution is -2.40. The highest BCUT2D eigenvalue weighted by atomic mass is 32.2. The summed E-state index contributed by atoms with van der Waals surface area (Å²) in [5.41, 5.74) is 0.214. The Hall–Kier alpha value is -2.42. The molecule has 136 valence electrons. The average Bonchev–Trinajstić information content (AvgIpc) is 3.03. The van der Waals surface area contributed by atoms with Crippen LogP contribution < -0.4 is 0 Å². The highest BCUT2D eigenvalue weighted by molar-refractivity contribution is 7.92. The fourth-order valence-corrected chi connectivity index (χ4v) is 3.91. The van der Waals surface area contributed by atoms with E-state index < -0.39 is 39.4 Å². The summed E-state index contributed by atoms with van der Waals surface area (Å²) in [4.78, 5) is 37.6. The molecule has 9 heteroatoms. The molecule has 1 heterocycles. The number of carboxylic acid groups (broad SMARTS) is 1. The number of carboxylic acids is 1. The smallest absolute Gasteiger partial charge is 0.326 e. The van der Waals surface area contributed by atoms with E-state index in [4.69, 9.17) is 5.11 Å². The van der Waals surface area contributed by atoms with Crippen LogP contribution in [0.5, 0.6) is 0 Å². The molecule has 8 nitrogen and oxygen atoms in total. The SMILES string of the molecule is CN(C)C(=O)CS(=O)(=O)c1ccc(C(=O)N2CCC[C@@H]2C(=O)O)cc1. The molecular weight excluding hydrogens is 348 g/mol. The summed E-state index contributed by atoms with van der Waals surface area (Å²) >= 11 is 0. The summed E-state index contributed by atoms with van der Waals surface area (Å²) in [5.74, 6) is -2.69. The number of hydrogen-bond donors (Lipinski definition) is 1. The average molecular weight is 368 g/mol. The van der Waals surface area contributed by atoms with Crippen LogP contribution in [0.25, 0.3) is 0 Å². The van der Waals surface area contributed by atoms with Crippen molar-refractivity contribution in [3.8, 4) is 0 Å². The second-order valence-corrected chi connectivity index (χ2v) is 8.06. The summed E-state index contributed by atoms with van der Waals surface area (Å²) < 4.78 is 24.4. The number of carbonyl (C=O) groups excluding carboxylic acids is 2. The molecule has 2 rings (SSSR count). The third-order valence-corrected chi connectivity index (χ3v) is 5.69. The topological polar surface area (TPSA) is 112 Å². The molecule has 1 saturated heterocycles.